The normalized spacial score (nSPS) is 20.0. The van der Waals surface area contributed by atoms with Gasteiger partial charge in [0.25, 0.3) is 0 Å². The maximum atomic E-state index is 12.1. The minimum absolute atomic E-state index is 0.246. The molecule has 110 valence electrons. The van der Waals surface area contributed by atoms with Crippen LogP contribution in [0, 0.1) is 5.41 Å². The molecule has 0 aliphatic heterocycles. The third-order valence-corrected chi connectivity index (χ3v) is 3.46. The molecule has 1 amide bonds. The Labute approximate surface area is 109 Å². The van der Waals surface area contributed by atoms with E-state index in [2.05, 4.69) is 5.32 Å². The molecule has 1 aliphatic carbocycles. The number of aliphatic carboxylic acids is 1. The number of carbonyl (C=O) groups excluding carboxylic acids is 1. The Kier molecular flexibility index (Phi) is 4.81. The second-order valence-corrected chi connectivity index (χ2v) is 5.26. The summed E-state index contributed by atoms with van der Waals surface area (Å²) < 4.78 is 36.4. The van der Waals surface area contributed by atoms with Gasteiger partial charge in [-0.2, -0.15) is 13.2 Å². The number of rotatable bonds is 5. The molecule has 0 radical (unpaired) electrons. The molecule has 0 heterocycles. The minimum Gasteiger partial charge on any atom is -0.481 e. The van der Waals surface area contributed by atoms with Gasteiger partial charge in [0.15, 0.2) is 0 Å². The molecule has 0 aromatic carbocycles. The number of carboxylic acids is 1. The van der Waals surface area contributed by atoms with E-state index >= 15 is 0 Å². The van der Waals surface area contributed by atoms with E-state index in [1.54, 1.807) is 0 Å². The van der Waals surface area contributed by atoms with Crippen LogP contribution < -0.4 is 5.32 Å². The molecular formula is C12H18F3NO3. The van der Waals surface area contributed by atoms with Crippen molar-refractivity contribution in [3.05, 3.63) is 0 Å². The number of halogens is 3. The second kappa shape index (κ2) is 5.79. The summed E-state index contributed by atoms with van der Waals surface area (Å²) in [5, 5.41) is 11.4. The summed E-state index contributed by atoms with van der Waals surface area (Å²) >= 11 is 0. The Bertz CT molecular complexity index is 349. The molecule has 1 atom stereocenters. The predicted molar refractivity (Wildman–Crippen MR) is 61.4 cm³/mol. The molecule has 1 saturated carbocycles. The zero-order valence-corrected chi connectivity index (χ0v) is 10.7. The zero-order chi connectivity index (χ0) is 14.7. The van der Waals surface area contributed by atoms with Crippen LogP contribution in [0.5, 0.6) is 0 Å². The Morgan fingerprint density at radius 1 is 1.32 bits per heavy atom. The van der Waals surface area contributed by atoms with E-state index in [0.717, 1.165) is 12.8 Å². The number of nitrogens with one attached hydrogen (secondary N) is 1. The van der Waals surface area contributed by atoms with Crippen LogP contribution in [-0.2, 0) is 9.59 Å². The Balaban J connectivity index is 2.52. The molecule has 0 spiro atoms. The quantitative estimate of drug-likeness (QED) is 0.813. The van der Waals surface area contributed by atoms with Crippen molar-refractivity contribution in [2.24, 2.45) is 5.41 Å². The summed E-state index contributed by atoms with van der Waals surface area (Å²) in [7, 11) is 0. The first-order valence-electron chi connectivity index (χ1n) is 6.24. The van der Waals surface area contributed by atoms with Gasteiger partial charge in [-0.05, 0) is 19.8 Å². The lowest BCUT2D eigenvalue weighted by atomic mass is 9.82. The Hall–Kier alpha value is -1.27. The van der Waals surface area contributed by atoms with E-state index in [4.69, 9.17) is 0 Å². The Morgan fingerprint density at radius 2 is 1.84 bits per heavy atom. The van der Waals surface area contributed by atoms with Gasteiger partial charge in [-0.15, -0.1) is 0 Å². The van der Waals surface area contributed by atoms with E-state index < -0.39 is 35.9 Å². The maximum absolute atomic E-state index is 12.1. The van der Waals surface area contributed by atoms with E-state index in [-0.39, 0.29) is 6.42 Å². The van der Waals surface area contributed by atoms with Crippen LogP contribution in [0.3, 0.4) is 0 Å². The van der Waals surface area contributed by atoms with Crippen LogP contribution in [0.15, 0.2) is 0 Å². The lowest BCUT2D eigenvalue weighted by molar-refractivity contribution is -0.152. The summed E-state index contributed by atoms with van der Waals surface area (Å²) in [6.45, 7) is 1.26. The van der Waals surface area contributed by atoms with Crippen molar-refractivity contribution in [3.8, 4) is 0 Å². The van der Waals surface area contributed by atoms with Gasteiger partial charge in [-0.3, -0.25) is 9.59 Å². The van der Waals surface area contributed by atoms with E-state index in [0.29, 0.717) is 12.8 Å². The molecule has 1 rings (SSSR count). The summed E-state index contributed by atoms with van der Waals surface area (Å²) in [5.41, 5.74) is -1.10. The highest BCUT2D eigenvalue weighted by molar-refractivity contribution is 5.85. The van der Waals surface area contributed by atoms with Crippen molar-refractivity contribution >= 4 is 11.9 Å². The van der Waals surface area contributed by atoms with Crippen LogP contribution in [0.2, 0.25) is 0 Å². The standard InChI is InChI=1S/C12H18F3NO3/c1-8(6-12(13,14)15)16-9(17)7-11(10(18)19)4-2-3-5-11/h8H,2-7H2,1H3,(H,16,17)(H,18,19). The number of alkyl halides is 3. The van der Waals surface area contributed by atoms with Crippen LogP contribution in [-0.4, -0.2) is 29.2 Å². The van der Waals surface area contributed by atoms with Gasteiger partial charge in [-0.1, -0.05) is 12.8 Å². The number of hydrogen-bond donors (Lipinski definition) is 2. The first-order valence-corrected chi connectivity index (χ1v) is 6.24. The first-order chi connectivity index (χ1) is 8.65. The summed E-state index contributed by atoms with van der Waals surface area (Å²) in [6, 6.07) is -1.04. The molecule has 1 fully saturated rings. The van der Waals surface area contributed by atoms with Crippen LogP contribution in [0.1, 0.15) is 45.4 Å². The summed E-state index contributed by atoms with van der Waals surface area (Å²) in [6.07, 6.45) is -3.42. The molecule has 0 aromatic heterocycles. The molecular weight excluding hydrogens is 263 g/mol. The molecule has 1 unspecified atom stereocenters. The number of amides is 1. The molecule has 4 nitrogen and oxygen atoms in total. The van der Waals surface area contributed by atoms with Crippen molar-refractivity contribution < 1.29 is 27.9 Å². The van der Waals surface area contributed by atoms with Crippen LogP contribution in [0.25, 0.3) is 0 Å². The fourth-order valence-electron chi connectivity index (χ4n) is 2.55. The highest BCUT2D eigenvalue weighted by Crippen LogP contribution is 2.41. The van der Waals surface area contributed by atoms with E-state index in [1.165, 1.54) is 6.92 Å². The fraction of sp³-hybridized carbons (Fsp3) is 0.833. The molecule has 19 heavy (non-hydrogen) atoms. The molecule has 0 aromatic rings. The first kappa shape index (κ1) is 15.8. The van der Waals surface area contributed by atoms with Crippen LogP contribution >= 0.6 is 0 Å². The largest absolute Gasteiger partial charge is 0.481 e. The molecule has 7 heteroatoms. The SMILES string of the molecule is CC(CC(F)(F)F)NC(=O)CC1(C(=O)O)CCCC1. The van der Waals surface area contributed by atoms with Crippen molar-refractivity contribution in [3.63, 3.8) is 0 Å². The van der Waals surface area contributed by atoms with Gasteiger partial charge in [-0.25, -0.2) is 0 Å². The second-order valence-electron chi connectivity index (χ2n) is 5.26. The van der Waals surface area contributed by atoms with Gasteiger partial charge < -0.3 is 10.4 Å². The monoisotopic (exact) mass is 281 g/mol. The van der Waals surface area contributed by atoms with Gasteiger partial charge in [0.1, 0.15) is 0 Å². The number of carbonyl (C=O) groups is 2. The van der Waals surface area contributed by atoms with E-state index in [1.807, 2.05) is 0 Å². The lowest BCUT2D eigenvalue weighted by Gasteiger charge is -2.24. The Morgan fingerprint density at radius 3 is 2.26 bits per heavy atom. The van der Waals surface area contributed by atoms with Gasteiger partial charge in [0.05, 0.1) is 11.8 Å². The topological polar surface area (TPSA) is 66.4 Å². The minimum atomic E-state index is -4.34. The summed E-state index contributed by atoms with van der Waals surface area (Å²) in [5.74, 6) is -1.66. The maximum Gasteiger partial charge on any atom is 0.391 e. The molecule has 0 saturated heterocycles. The van der Waals surface area contributed by atoms with Crippen LogP contribution in [0.4, 0.5) is 13.2 Å². The summed E-state index contributed by atoms with van der Waals surface area (Å²) in [4.78, 5) is 22.9. The third kappa shape index (κ3) is 4.72. The van der Waals surface area contributed by atoms with Crippen molar-refractivity contribution in [2.75, 3.05) is 0 Å². The van der Waals surface area contributed by atoms with Gasteiger partial charge in [0, 0.05) is 12.5 Å². The van der Waals surface area contributed by atoms with Crippen molar-refractivity contribution in [2.45, 2.75) is 57.7 Å². The van der Waals surface area contributed by atoms with Gasteiger partial charge in [0.2, 0.25) is 5.91 Å². The molecule has 0 bridgehead atoms. The zero-order valence-electron chi connectivity index (χ0n) is 10.7. The lowest BCUT2D eigenvalue weighted by Crippen LogP contribution is -2.40. The number of carboxylic acid groups (broad SMARTS) is 1. The number of hydrogen-bond acceptors (Lipinski definition) is 2. The van der Waals surface area contributed by atoms with Crippen molar-refractivity contribution in [1.82, 2.24) is 5.32 Å². The highest BCUT2D eigenvalue weighted by Gasteiger charge is 2.43. The average Bonchev–Trinajstić information content (AvgIpc) is 2.63. The fourth-order valence-corrected chi connectivity index (χ4v) is 2.55. The molecule has 2 N–H and O–H groups in total. The average molecular weight is 281 g/mol. The van der Waals surface area contributed by atoms with E-state index in [9.17, 15) is 27.9 Å². The smallest absolute Gasteiger partial charge is 0.391 e. The third-order valence-electron chi connectivity index (χ3n) is 3.46. The highest BCUT2D eigenvalue weighted by atomic mass is 19.4. The molecule has 1 aliphatic rings. The van der Waals surface area contributed by atoms with Gasteiger partial charge >= 0.3 is 12.1 Å². The predicted octanol–water partition coefficient (Wildman–Crippen LogP) is 2.48. The van der Waals surface area contributed by atoms with Crippen molar-refractivity contribution in [1.29, 1.82) is 0 Å².